The number of hydrazine groups is 1. The van der Waals surface area contributed by atoms with Gasteiger partial charge >= 0.3 is 0 Å². The quantitative estimate of drug-likeness (QED) is 0.386. The van der Waals surface area contributed by atoms with Gasteiger partial charge < -0.3 is 0 Å². The number of benzene rings is 2. The summed E-state index contributed by atoms with van der Waals surface area (Å²) in [4.78, 5) is 0. The molecule has 3 nitrogen and oxygen atoms in total. The lowest BCUT2D eigenvalue weighted by Crippen LogP contribution is -2.67. The van der Waals surface area contributed by atoms with Crippen molar-refractivity contribution in [3.8, 4) is 0 Å². The molecule has 0 aromatic heterocycles. The normalized spacial score (nSPS) is 26.7. The van der Waals surface area contributed by atoms with Gasteiger partial charge in [-0.05, 0) is 40.7 Å². The van der Waals surface area contributed by atoms with Gasteiger partial charge in [-0.3, -0.25) is 5.01 Å². The van der Waals surface area contributed by atoms with Gasteiger partial charge in [0, 0.05) is 29.8 Å². The first kappa shape index (κ1) is 22.1. The molecule has 6 aliphatic rings. The number of allylic oxidation sites excluding steroid dienone is 6. The van der Waals surface area contributed by atoms with Gasteiger partial charge in [0.15, 0.2) is 0 Å². The van der Waals surface area contributed by atoms with E-state index in [0.717, 1.165) is 0 Å². The zero-order chi connectivity index (χ0) is 25.8. The molecule has 3 heteroatoms. The molecule has 0 fully saturated rings. The Kier molecular flexibility index (Phi) is 4.39. The van der Waals surface area contributed by atoms with Crippen LogP contribution in [0, 0.1) is 5.41 Å². The van der Waals surface area contributed by atoms with Gasteiger partial charge in [-0.1, -0.05) is 99.2 Å². The van der Waals surface area contributed by atoms with Crippen LogP contribution in [-0.2, 0) is 0 Å². The first-order chi connectivity index (χ1) is 18.4. The molecule has 0 saturated heterocycles. The van der Waals surface area contributed by atoms with E-state index in [1.807, 2.05) is 0 Å². The maximum Gasteiger partial charge on any atom is 0.211 e. The lowest BCUT2D eigenvalue weighted by molar-refractivity contribution is -0.402. The summed E-state index contributed by atoms with van der Waals surface area (Å²) in [6.45, 7) is 9.26. The summed E-state index contributed by atoms with van der Waals surface area (Å²) in [7, 11) is 0. The van der Waals surface area contributed by atoms with E-state index in [4.69, 9.17) is 0 Å². The molecule has 0 saturated carbocycles. The summed E-state index contributed by atoms with van der Waals surface area (Å²) in [6.07, 6.45) is 18.9. The highest BCUT2D eigenvalue weighted by Gasteiger charge is 2.57. The number of anilines is 1. The second-order valence-electron chi connectivity index (χ2n) is 12.1. The van der Waals surface area contributed by atoms with Crippen LogP contribution in [0.2, 0.25) is 0 Å². The predicted octanol–water partition coefficient (Wildman–Crippen LogP) is 7.28. The fourth-order valence-electron chi connectivity index (χ4n) is 7.12. The van der Waals surface area contributed by atoms with Crippen LogP contribution in [0.5, 0.6) is 0 Å². The van der Waals surface area contributed by atoms with Crippen molar-refractivity contribution in [2.45, 2.75) is 45.8 Å². The minimum atomic E-state index is 0.0322. The summed E-state index contributed by atoms with van der Waals surface area (Å²) in [5.74, 6) is 0. The molecule has 0 spiro atoms. The lowest BCUT2D eigenvalue weighted by Gasteiger charge is -2.53. The van der Waals surface area contributed by atoms with E-state index in [9.17, 15) is 0 Å². The molecule has 3 heterocycles. The number of rotatable bonds is 1. The van der Waals surface area contributed by atoms with Gasteiger partial charge in [0.05, 0.1) is 11.7 Å². The molecule has 0 bridgehead atoms. The summed E-state index contributed by atoms with van der Waals surface area (Å²) < 4.78 is 2.53. The van der Waals surface area contributed by atoms with Crippen LogP contribution in [-0.4, -0.2) is 33.4 Å². The van der Waals surface area contributed by atoms with Crippen LogP contribution >= 0.6 is 0 Å². The Morgan fingerprint density at radius 3 is 2.37 bits per heavy atom. The van der Waals surface area contributed by atoms with E-state index in [-0.39, 0.29) is 23.5 Å². The zero-order valence-corrected chi connectivity index (χ0v) is 22.4. The van der Waals surface area contributed by atoms with Crippen molar-refractivity contribution in [3.05, 3.63) is 137 Å². The topological polar surface area (TPSA) is 9.49 Å². The average Bonchev–Trinajstić information content (AvgIpc) is 3.25. The number of hydrogen-bond acceptors (Lipinski definition) is 2. The number of hydrogen-bond donors (Lipinski definition) is 0. The van der Waals surface area contributed by atoms with Crippen molar-refractivity contribution < 1.29 is 4.58 Å². The highest BCUT2D eigenvalue weighted by Crippen LogP contribution is 2.55. The Morgan fingerprint density at radius 1 is 0.789 bits per heavy atom. The third kappa shape index (κ3) is 2.85. The first-order valence-electron chi connectivity index (χ1n) is 13.7. The SMILES string of the molecule is CC1=CC2=C3C=C(C(C)(C)C)C=C4C3N(C3C=CC=CC3=[N+]4c3ccccc3)N3c4ccccc4C(=C1)C23. The van der Waals surface area contributed by atoms with Crippen LogP contribution in [0.15, 0.2) is 131 Å². The van der Waals surface area contributed by atoms with Crippen LogP contribution in [0.25, 0.3) is 5.57 Å². The van der Waals surface area contributed by atoms with Gasteiger partial charge in [-0.15, -0.1) is 0 Å². The third-order valence-electron chi connectivity index (χ3n) is 8.75. The molecular weight excluding hydrogens is 462 g/mol. The van der Waals surface area contributed by atoms with E-state index in [0.29, 0.717) is 0 Å². The number of para-hydroxylation sites is 2. The van der Waals surface area contributed by atoms with Crippen molar-refractivity contribution in [2.75, 3.05) is 5.01 Å². The molecule has 3 atom stereocenters. The first-order valence-corrected chi connectivity index (χ1v) is 13.7. The Labute approximate surface area is 225 Å². The molecule has 186 valence electrons. The fourth-order valence-corrected chi connectivity index (χ4v) is 7.12. The van der Waals surface area contributed by atoms with Crippen LogP contribution < -0.4 is 5.01 Å². The summed E-state index contributed by atoms with van der Waals surface area (Å²) in [6, 6.07) is 20.3. The Hall–Kier alpha value is -3.95. The Morgan fingerprint density at radius 2 is 1.55 bits per heavy atom. The molecule has 0 radical (unpaired) electrons. The molecular formula is C35H32N3+. The molecule has 8 rings (SSSR count). The van der Waals surface area contributed by atoms with Crippen molar-refractivity contribution in [2.24, 2.45) is 5.41 Å². The standard InChI is InChI=1S/C35H32N3/c1-22-18-26-25-14-8-9-15-29(25)37-33(26)27(19-22)28-20-23(35(2,3)4)21-32-34(28)38(37)31-17-11-10-16-30(31)36(32)24-12-6-5-7-13-24/h5-21,31,33-34H,1-4H3/q+1. The summed E-state index contributed by atoms with van der Waals surface area (Å²) in [5, 5.41) is 5.29. The average molecular weight is 495 g/mol. The van der Waals surface area contributed by atoms with Gasteiger partial charge in [0.2, 0.25) is 17.1 Å². The smallest absolute Gasteiger partial charge is 0.211 e. The van der Waals surface area contributed by atoms with E-state index < -0.39 is 0 Å². The highest BCUT2D eigenvalue weighted by molar-refractivity contribution is 6.01. The van der Waals surface area contributed by atoms with Crippen molar-refractivity contribution >= 4 is 22.7 Å². The van der Waals surface area contributed by atoms with Crippen LogP contribution in [0.1, 0.15) is 33.3 Å². The fraction of sp³-hybridized carbons (Fsp3) is 0.229. The highest BCUT2D eigenvalue weighted by atomic mass is 15.7. The maximum atomic E-state index is 2.67. The second-order valence-corrected chi connectivity index (χ2v) is 12.1. The van der Waals surface area contributed by atoms with Crippen LogP contribution in [0.4, 0.5) is 11.4 Å². The van der Waals surface area contributed by atoms with Crippen molar-refractivity contribution in [1.29, 1.82) is 0 Å². The maximum absolute atomic E-state index is 2.67. The molecule has 2 aromatic rings. The molecule has 3 aliphatic carbocycles. The molecule has 38 heavy (non-hydrogen) atoms. The molecule has 0 N–H and O–H groups in total. The number of nitrogens with zero attached hydrogens (tertiary/aromatic N) is 3. The van der Waals surface area contributed by atoms with Gasteiger partial charge in [0.1, 0.15) is 12.1 Å². The minimum Gasteiger partial charge on any atom is -0.291 e. The molecule has 2 aromatic carbocycles. The zero-order valence-electron chi connectivity index (χ0n) is 22.4. The van der Waals surface area contributed by atoms with E-state index >= 15 is 0 Å². The Bertz CT molecular complexity index is 1660. The summed E-state index contributed by atoms with van der Waals surface area (Å²) >= 11 is 0. The molecule has 3 aliphatic heterocycles. The van der Waals surface area contributed by atoms with Crippen molar-refractivity contribution in [3.63, 3.8) is 0 Å². The molecule has 0 amide bonds. The van der Waals surface area contributed by atoms with Gasteiger partial charge in [-0.25, -0.2) is 0 Å². The second kappa shape index (κ2) is 7.55. The summed E-state index contributed by atoms with van der Waals surface area (Å²) in [5.41, 5.74) is 13.6. The number of fused-ring (bicyclic) bond motifs is 6. The van der Waals surface area contributed by atoms with Gasteiger partial charge in [0.25, 0.3) is 0 Å². The van der Waals surface area contributed by atoms with E-state index in [1.54, 1.807) is 0 Å². The monoisotopic (exact) mass is 494 g/mol. The molecule has 3 unspecified atom stereocenters. The van der Waals surface area contributed by atoms with Crippen molar-refractivity contribution in [1.82, 2.24) is 5.01 Å². The lowest BCUT2D eigenvalue weighted by atomic mass is 9.74. The van der Waals surface area contributed by atoms with E-state index in [1.165, 1.54) is 56.2 Å². The third-order valence-corrected chi connectivity index (χ3v) is 8.75. The van der Waals surface area contributed by atoms with Gasteiger partial charge in [-0.2, -0.15) is 9.58 Å². The largest absolute Gasteiger partial charge is 0.291 e. The minimum absolute atomic E-state index is 0.0322. The van der Waals surface area contributed by atoms with Crippen LogP contribution in [0.3, 0.4) is 0 Å². The van der Waals surface area contributed by atoms with E-state index in [2.05, 4.69) is 145 Å². The Balaban J connectivity index is 1.50. The predicted molar refractivity (Wildman–Crippen MR) is 156 cm³/mol.